The van der Waals surface area contributed by atoms with Crippen molar-refractivity contribution in [2.45, 2.75) is 12.6 Å². The predicted molar refractivity (Wildman–Crippen MR) is 105 cm³/mol. The van der Waals surface area contributed by atoms with Gasteiger partial charge in [0.1, 0.15) is 6.10 Å². The van der Waals surface area contributed by atoms with E-state index in [0.717, 1.165) is 37.1 Å². The van der Waals surface area contributed by atoms with Crippen LogP contribution in [-0.2, 0) is 11.3 Å². The molecule has 27 heavy (non-hydrogen) atoms. The van der Waals surface area contributed by atoms with Crippen molar-refractivity contribution in [1.82, 2.24) is 20.0 Å². The van der Waals surface area contributed by atoms with Crippen LogP contribution in [0.15, 0.2) is 54.6 Å². The second kappa shape index (κ2) is 7.90. The number of carbonyl (C=O) groups excluding carboxylic acids is 1. The molecule has 0 bridgehead atoms. The van der Waals surface area contributed by atoms with E-state index >= 15 is 0 Å². The van der Waals surface area contributed by atoms with Gasteiger partial charge >= 0.3 is 5.97 Å². The van der Waals surface area contributed by atoms with E-state index in [2.05, 4.69) is 51.3 Å². The minimum absolute atomic E-state index is 0.191. The Labute approximate surface area is 158 Å². The van der Waals surface area contributed by atoms with Gasteiger partial charge in [-0.15, -0.1) is 0 Å². The molecule has 2 heterocycles. The quantitative estimate of drug-likeness (QED) is 0.721. The molecule has 3 aromatic rings. The van der Waals surface area contributed by atoms with Gasteiger partial charge in [0, 0.05) is 38.1 Å². The lowest BCUT2D eigenvalue weighted by atomic mass is 10.2. The van der Waals surface area contributed by atoms with Gasteiger partial charge in [-0.05, 0) is 18.7 Å². The summed E-state index contributed by atoms with van der Waals surface area (Å²) in [6.45, 7) is 4.19. The number of benzene rings is 2. The zero-order valence-electron chi connectivity index (χ0n) is 15.5. The summed E-state index contributed by atoms with van der Waals surface area (Å²) in [7, 11) is 2.07. The number of aromatic amines is 1. The van der Waals surface area contributed by atoms with Crippen LogP contribution in [0.2, 0.25) is 0 Å². The van der Waals surface area contributed by atoms with E-state index in [0.29, 0.717) is 12.2 Å². The van der Waals surface area contributed by atoms with Gasteiger partial charge in [-0.2, -0.15) is 5.10 Å². The molecule has 0 amide bonds. The number of ether oxygens (including phenoxy) is 1. The van der Waals surface area contributed by atoms with Crippen LogP contribution in [0, 0.1) is 0 Å². The van der Waals surface area contributed by atoms with E-state index in [-0.39, 0.29) is 12.1 Å². The summed E-state index contributed by atoms with van der Waals surface area (Å²) >= 11 is 0. The lowest BCUT2D eigenvalue weighted by molar-refractivity contribution is 0.0189. The molecule has 1 unspecified atom stereocenters. The number of esters is 1. The molecule has 0 radical (unpaired) electrons. The van der Waals surface area contributed by atoms with E-state index in [4.69, 9.17) is 4.74 Å². The predicted octanol–water partition coefficient (Wildman–Crippen LogP) is 2.54. The van der Waals surface area contributed by atoms with Gasteiger partial charge in [0.05, 0.1) is 5.52 Å². The van der Waals surface area contributed by atoms with Crippen LogP contribution in [0.5, 0.6) is 0 Å². The summed E-state index contributed by atoms with van der Waals surface area (Å²) in [4.78, 5) is 17.3. The third-order valence-electron chi connectivity index (χ3n) is 4.96. The smallest absolute Gasteiger partial charge is 0.359 e. The van der Waals surface area contributed by atoms with Gasteiger partial charge < -0.3 is 9.64 Å². The number of fused-ring (bicyclic) bond motifs is 1. The fourth-order valence-corrected chi connectivity index (χ4v) is 3.57. The van der Waals surface area contributed by atoms with Crippen molar-refractivity contribution in [3.63, 3.8) is 0 Å². The number of rotatable bonds is 4. The Kier molecular flexibility index (Phi) is 5.18. The first kappa shape index (κ1) is 17.7. The number of aromatic nitrogens is 2. The molecule has 1 aliphatic rings. The number of likely N-dealkylation sites (N-methyl/N-ethyl adjacent to an activating group) is 1. The SMILES string of the molecule is CN1CCN(Cc2ccccc2)CC(OC(=O)c2n[nH]c3ccccc23)C1. The molecule has 1 saturated heterocycles. The Balaban J connectivity index is 1.47. The van der Waals surface area contributed by atoms with Crippen molar-refractivity contribution >= 4 is 16.9 Å². The van der Waals surface area contributed by atoms with Crippen LogP contribution in [0.1, 0.15) is 16.1 Å². The van der Waals surface area contributed by atoms with Crippen molar-refractivity contribution in [2.75, 3.05) is 33.2 Å². The third-order valence-corrected chi connectivity index (χ3v) is 4.96. The first-order valence-electron chi connectivity index (χ1n) is 9.28. The number of para-hydroxylation sites is 1. The molecule has 1 N–H and O–H groups in total. The molecule has 4 rings (SSSR count). The van der Waals surface area contributed by atoms with E-state index < -0.39 is 0 Å². The average molecular weight is 364 g/mol. The highest BCUT2D eigenvalue weighted by molar-refractivity contribution is 6.01. The number of hydrogen-bond donors (Lipinski definition) is 1. The summed E-state index contributed by atoms with van der Waals surface area (Å²) < 4.78 is 5.86. The van der Waals surface area contributed by atoms with Crippen LogP contribution in [0.4, 0.5) is 0 Å². The second-order valence-corrected chi connectivity index (χ2v) is 7.13. The maximum Gasteiger partial charge on any atom is 0.359 e. The molecule has 1 aromatic heterocycles. The number of hydrogen-bond acceptors (Lipinski definition) is 5. The summed E-state index contributed by atoms with van der Waals surface area (Å²) in [6.07, 6.45) is -0.191. The zero-order chi connectivity index (χ0) is 18.6. The van der Waals surface area contributed by atoms with Crippen LogP contribution < -0.4 is 0 Å². The number of H-pyrrole nitrogens is 1. The Bertz CT molecular complexity index is 909. The maximum absolute atomic E-state index is 12.7. The Morgan fingerprint density at radius 1 is 1.11 bits per heavy atom. The van der Waals surface area contributed by atoms with E-state index in [1.54, 1.807) is 0 Å². The zero-order valence-corrected chi connectivity index (χ0v) is 15.5. The van der Waals surface area contributed by atoms with Crippen LogP contribution in [-0.4, -0.2) is 65.3 Å². The van der Waals surface area contributed by atoms with Crippen LogP contribution in [0.3, 0.4) is 0 Å². The summed E-state index contributed by atoms with van der Waals surface area (Å²) in [5, 5.41) is 7.86. The fraction of sp³-hybridized carbons (Fsp3) is 0.333. The van der Waals surface area contributed by atoms with Crippen molar-refractivity contribution in [2.24, 2.45) is 0 Å². The van der Waals surface area contributed by atoms with Crippen molar-refractivity contribution in [3.05, 3.63) is 65.9 Å². The Hall–Kier alpha value is -2.70. The molecule has 0 spiro atoms. The molecule has 6 heteroatoms. The second-order valence-electron chi connectivity index (χ2n) is 7.13. The lowest BCUT2D eigenvalue weighted by Crippen LogP contribution is -2.36. The van der Waals surface area contributed by atoms with Crippen molar-refractivity contribution in [3.8, 4) is 0 Å². The fourth-order valence-electron chi connectivity index (χ4n) is 3.57. The van der Waals surface area contributed by atoms with Crippen molar-refractivity contribution < 1.29 is 9.53 Å². The molecule has 0 saturated carbocycles. The number of nitrogens with zero attached hydrogens (tertiary/aromatic N) is 3. The first-order chi connectivity index (χ1) is 13.2. The van der Waals surface area contributed by atoms with Crippen molar-refractivity contribution in [1.29, 1.82) is 0 Å². The standard InChI is InChI=1S/C21H24N4O2/c1-24-11-12-25(13-16-7-3-2-4-8-16)15-17(14-24)27-21(26)20-18-9-5-6-10-19(18)22-23-20/h2-10,17H,11-15H2,1H3,(H,22,23). The molecule has 1 atom stereocenters. The molecule has 2 aromatic carbocycles. The molecule has 6 nitrogen and oxygen atoms in total. The first-order valence-corrected chi connectivity index (χ1v) is 9.28. The maximum atomic E-state index is 12.7. The molecular weight excluding hydrogens is 340 g/mol. The van der Waals surface area contributed by atoms with Crippen LogP contribution >= 0.6 is 0 Å². The highest BCUT2D eigenvalue weighted by atomic mass is 16.5. The Morgan fingerprint density at radius 2 is 1.89 bits per heavy atom. The van der Waals surface area contributed by atoms with Gasteiger partial charge in [0.25, 0.3) is 0 Å². The van der Waals surface area contributed by atoms with Crippen LogP contribution in [0.25, 0.3) is 10.9 Å². The average Bonchev–Trinajstić information content (AvgIpc) is 3.03. The van der Waals surface area contributed by atoms with E-state index in [1.807, 2.05) is 30.3 Å². The van der Waals surface area contributed by atoms with E-state index in [9.17, 15) is 4.79 Å². The third kappa shape index (κ3) is 4.18. The van der Waals surface area contributed by atoms with Gasteiger partial charge in [-0.3, -0.25) is 10.00 Å². The highest BCUT2D eigenvalue weighted by Gasteiger charge is 2.26. The normalized spacial score (nSPS) is 19.1. The van der Waals surface area contributed by atoms with E-state index in [1.165, 1.54) is 5.56 Å². The monoisotopic (exact) mass is 364 g/mol. The summed E-state index contributed by atoms with van der Waals surface area (Å²) in [5.41, 5.74) is 2.46. The largest absolute Gasteiger partial charge is 0.455 e. The molecular formula is C21H24N4O2. The van der Waals surface area contributed by atoms with Gasteiger partial charge in [-0.25, -0.2) is 4.79 Å². The molecule has 140 valence electrons. The van der Waals surface area contributed by atoms with Gasteiger partial charge in [0.15, 0.2) is 5.69 Å². The summed E-state index contributed by atoms with van der Waals surface area (Å²) in [6, 6.07) is 18.0. The van der Waals surface area contributed by atoms with Gasteiger partial charge in [0.2, 0.25) is 0 Å². The summed E-state index contributed by atoms with van der Waals surface area (Å²) in [5.74, 6) is -0.368. The minimum Gasteiger partial charge on any atom is -0.455 e. The molecule has 1 aliphatic heterocycles. The minimum atomic E-state index is -0.368. The van der Waals surface area contributed by atoms with Gasteiger partial charge in [-0.1, -0.05) is 48.5 Å². The number of carbonyl (C=O) groups is 1. The molecule has 1 fully saturated rings. The lowest BCUT2D eigenvalue weighted by Gasteiger charge is -2.23. The topological polar surface area (TPSA) is 61.5 Å². The Morgan fingerprint density at radius 3 is 2.74 bits per heavy atom. The number of nitrogens with one attached hydrogen (secondary N) is 1. The highest BCUT2D eigenvalue weighted by Crippen LogP contribution is 2.18. The molecule has 0 aliphatic carbocycles.